The summed E-state index contributed by atoms with van der Waals surface area (Å²) in [6.45, 7) is -0.130. The van der Waals surface area contributed by atoms with Gasteiger partial charge in [-0.05, 0) is 29.5 Å². The second-order valence-corrected chi connectivity index (χ2v) is 10.8. The van der Waals surface area contributed by atoms with Crippen molar-refractivity contribution < 1.29 is 48.5 Å². The number of aliphatic carboxylic acids is 2. The molecule has 47 heavy (non-hydrogen) atoms. The van der Waals surface area contributed by atoms with Gasteiger partial charge >= 0.3 is 24.1 Å². The van der Waals surface area contributed by atoms with E-state index in [1.807, 2.05) is 5.43 Å². The van der Waals surface area contributed by atoms with Crippen molar-refractivity contribution in [3.05, 3.63) is 65.2 Å². The number of para-hydroxylation sites is 1. The molecule has 17 heteroatoms. The normalized spacial score (nSPS) is 17.9. The van der Waals surface area contributed by atoms with Gasteiger partial charge in [-0.1, -0.05) is 48.5 Å². The molecule has 0 bridgehead atoms. The predicted octanol–water partition coefficient (Wildman–Crippen LogP) is -0.241. The average Bonchev–Trinajstić information content (AvgIpc) is 3.35. The third-order valence-corrected chi connectivity index (χ3v) is 7.38. The highest BCUT2D eigenvalue weighted by Gasteiger charge is 2.44. The van der Waals surface area contributed by atoms with Crippen molar-refractivity contribution in [2.75, 3.05) is 4.90 Å². The summed E-state index contributed by atoms with van der Waals surface area (Å²) in [6, 6.07) is 7.81. The van der Waals surface area contributed by atoms with E-state index in [0.29, 0.717) is 23.2 Å². The summed E-state index contributed by atoms with van der Waals surface area (Å²) in [4.78, 5) is 88.4. The fraction of sp³-hybridized carbons (Fsp3) is 0.333. The Morgan fingerprint density at radius 2 is 1.68 bits per heavy atom. The van der Waals surface area contributed by atoms with Gasteiger partial charge in [-0.25, -0.2) is 15.0 Å². The number of carbonyl (C=O) groups excluding carboxylic acids is 5. The number of nitrogens with one attached hydrogen (secondary N) is 4. The zero-order valence-corrected chi connectivity index (χ0v) is 24.9. The van der Waals surface area contributed by atoms with Crippen molar-refractivity contribution in [1.82, 2.24) is 21.4 Å². The largest absolute Gasteiger partial charge is 0.481 e. The molecule has 2 aliphatic rings. The lowest BCUT2D eigenvalue weighted by molar-refractivity contribution is -0.140. The van der Waals surface area contributed by atoms with Gasteiger partial charge in [0.15, 0.2) is 0 Å². The molecule has 2 aromatic rings. The number of rotatable bonds is 13. The van der Waals surface area contributed by atoms with Gasteiger partial charge in [-0.2, -0.15) is 5.10 Å². The number of anilines is 1. The second kappa shape index (κ2) is 15.3. The van der Waals surface area contributed by atoms with Crippen LogP contribution in [-0.4, -0.2) is 82.4 Å². The monoisotopic (exact) mass is 651 g/mol. The number of nitrogens with zero attached hydrogens (tertiary/aromatic N) is 2. The summed E-state index contributed by atoms with van der Waals surface area (Å²) < 4.78 is 5.12. The molecule has 8 N–H and O–H groups in total. The van der Waals surface area contributed by atoms with E-state index in [9.17, 15) is 43.8 Å². The summed E-state index contributed by atoms with van der Waals surface area (Å²) in [7, 11) is 0. The zero-order chi connectivity index (χ0) is 34.1. The molecular weight excluding hydrogens is 618 g/mol. The fourth-order valence-corrected chi connectivity index (χ4v) is 5.34. The van der Waals surface area contributed by atoms with E-state index in [1.165, 1.54) is 4.90 Å². The lowest BCUT2D eigenvalue weighted by Gasteiger charge is -2.29. The number of hydrogen-bond acceptors (Lipinski definition) is 9. The number of hydrogen-bond donors (Lipinski definition) is 7. The van der Waals surface area contributed by atoms with E-state index in [2.05, 4.69) is 21.1 Å². The molecule has 4 rings (SSSR count). The van der Waals surface area contributed by atoms with Crippen molar-refractivity contribution in [1.29, 1.82) is 0 Å². The molecule has 1 unspecified atom stereocenters. The van der Waals surface area contributed by atoms with Crippen LogP contribution in [0.25, 0.3) is 0 Å². The maximum Gasteiger partial charge on any atom is 0.408 e. The number of aryl methyl sites for hydroxylation is 1. The third kappa shape index (κ3) is 9.03. The molecule has 0 saturated heterocycles. The first-order valence-electron chi connectivity index (χ1n) is 14.5. The number of carboxylic acid groups (broad SMARTS) is 2. The topological polar surface area (TPSA) is 259 Å². The molecule has 0 spiro atoms. The van der Waals surface area contributed by atoms with Crippen LogP contribution in [0.2, 0.25) is 0 Å². The van der Waals surface area contributed by atoms with Crippen LogP contribution in [0.4, 0.5) is 15.3 Å². The first-order chi connectivity index (χ1) is 22.4. The fourth-order valence-electron chi connectivity index (χ4n) is 5.34. The highest BCUT2D eigenvalue weighted by Crippen LogP contribution is 2.39. The van der Waals surface area contributed by atoms with Gasteiger partial charge in [0.2, 0.25) is 17.7 Å². The molecule has 6 amide bonds. The van der Waals surface area contributed by atoms with Crippen LogP contribution in [0, 0.1) is 0 Å². The molecule has 0 fully saturated rings. The van der Waals surface area contributed by atoms with Crippen LogP contribution in [-0.2, 0) is 48.2 Å². The van der Waals surface area contributed by atoms with E-state index >= 15 is 0 Å². The lowest BCUT2D eigenvalue weighted by Crippen LogP contribution is -2.58. The van der Waals surface area contributed by atoms with E-state index in [0.717, 1.165) is 11.8 Å². The molecule has 4 atom stereocenters. The number of carbonyl (C=O) groups is 7. The quantitative estimate of drug-likeness (QED) is 0.110. The molecule has 0 saturated carbocycles. The molecule has 17 nitrogen and oxygen atoms in total. The smallest absolute Gasteiger partial charge is 0.408 e. The Balaban J connectivity index is 1.50. The van der Waals surface area contributed by atoms with Gasteiger partial charge < -0.3 is 36.6 Å². The van der Waals surface area contributed by atoms with Crippen LogP contribution < -0.4 is 32.0 Å². The number of alkyl carbamates (subject to hydrolysis) is 1. The highest BCUT2D eigenvalue weighted by atomic mass is 16.5. The Labute approximate surface area is 267 Å². The number of nitrogens with two attached hydrogens (primary N) is 1. The molecule has 0 aromatic heterocycles. The van der Waals surface area contributed by atoms with E-state index < -0.39 is 78.8 Å². The highest BCUT2D eigenvalue weighted by molar-refractivity contribution is 6.08. The number of urea groups is 1. The van der Waals surface area contributed by atoms with Gasteiger partial charge in [0, 0.05) is 12.6 Å². The minimum Gasteiger partial charge on any atom is -0.481 e. The molecular formula is C30H33N7O10. The number of amides is 6. The number of hydrazone groups is 1. The van der Waals surface area contributed by atoms with Crippen LogP contribution in [0.15, 0.2) is 53.6 Å². The summed E-state index contributed by atoms with van der Waals surface area (Å²) in [5.74, 6) is -5.01. The molecule has 2 aromatic carbocycles. The first kappa shape index (κ1) is 33.9. The van der Waals surface area contributed by atoms with E-state index in [-0.39, 0.29) is 19.4 Å². The standard InChI is InChI=1S/C30H33N7O10/c31-29(45)36-32-14-19(12-23(38)39)33-27(43)22-11-18-8-4-7-17-9-10-20(28(44)37(22)25(17)18)34-26(42)21(13-24(40)41)35-30(46)47-15-16-5-2-1-3-6-16/h1-8,14,19-22H,9-13,15H2,(H,33,43)(H,34,42)(H,35,46)(H,38,39)(H,40,41)(H3,31,36,45)/t19-,20-,21?,22-/m0/s1. The average molecular weight is 652 g/mol. The van der Waals surface area contributed by atoms with Crippen LogP contribution >= 0.6 is 0 Å². The van der Waals surface area contributed by atoms with Crippen molar-refractivity contribution >= 4 is 53.7 Å². The number of benzene rings is 2. The summed E-state index contributed by atoms with van der Waals surface area (Å²) in [6.07, 6.45) is -0.971. The van der Waals surface area contributed by atoms with Crippen molar-refractivity contribution in [3.63, 3.8) is 0 Å². The number of carboxylic acids is 2. The summed E-state index contributed by atoms with van der Waals surface area (Å²) in [5.41, 5.74) is 9.43. The van der Waals surface area contributed by atoms with Crippen molar-refractivity contribution in [3.8, 4) is 0 Å². The van der Waals surface area contributed by atoms with Gasteiger partial charge in [0.1, 0.15) is 24.7 Å². The van der Waals surface area contributed by atoms with E-state index in [1.54, 1.807) is 48.5 Å². The Kier molecular flexibility index (Phi) is 11.1. The van der Waals surface area contributed by atoms with E-state index in [4.69, 9.17) is 10.5 Å². The maximum atomic E-state index is 14.0. The van der Waals surface area contributed by atoms with Gasteiger partial charge in [0.25, 0.3) is 0 Å². The molecule has 0 radical (unpaired) electrons. The summed E-state index contributed by atoms with van der Waals surface area (Å²) in [5, 5.41) is 29.5. The number of ether oxygens (including phenoxy) is 1. The van der Waals surface area contributed by atoms with Crippen LogP contribution in [0.1, 0.15) is 36.0 Å². The van der Waals surface area contributed by atoms with Crippen LogP contribution in [0.3, 0.4) is 0 Å². The molecule has 2 aliphatic heterocycles. The lowest BCUT2D eigenvalue weighted by atomic mass is 10.0. The van der Waals surface area contributed by atoms with Crippen molar-refractivity contribution in [2.45, 2.75) is 62.9 Å². The Morgan fingerprint density at radius 1 is 0.979 bits per heavy atom. The Bertz CT molecular complexity index is 1580. The van der Waals surface area contributed by atoms with Gasteiger partial charge in [-0.15, -0.1) is 0 Å². The van der Waals surface area contributed by atoms with Gasteiger partial charge in [0.05, 0.1) is 24.6 Å². The molecule has 2 heterocycles. The summed E-state index contributed by atoms with van der Waals surface area (Å²) >= 11 is 0. The zero-order valence-electron chi connectivity index (χ0n) is 24.9. The third-order valence-electron chi connectivity index (χ3n) is 7.38. The maximum absolute atomic E-state index is 14.0. The Morgan fingerprint density at radius 3 is 2.36 bits per heavy atom. The Hall–Kier alpha value is -6.00. The predicted molar refractivity (Wildman–Crippen MR) is 163 cm³/mol. The molecule has 248 valence electrons. The number of primary amides is 1. The van der Waals surface area contributed by atoms with Gasteiger partial charge in [-0.3, -0.25) is 28.9 Å². The minimum atomic E-state index is -1.59. The van der Waals surface area contributed by atoms with Crippen molar-refractivity contribution in [2.24, 2.45) is 10.8 Å². The minimum absolute atomic E-state index is 0.0777. The van der Waals surface area contributed by atoms with Crippen LogP contribution in [0.5, 0.6) is 0 Å². The second-order valence-electron chi connectivity index (χ2n) is 10.8. The SMILES string of the molecule is NC(=O)NN=C[C@H](CC(=O)O)NC(=O)[C@@H]1Cc2cccc3c2N1C(=O)[C@@H](NC(=O)C(CC(=O)O)NC(=O)OCc1ccccc1)CC3. The molecule has 0 aliphatic carbocycles. The first-order valence-corrected chi connectivity index (χ1v) is 14.5.